The van der Waals surface area contributed by atoms with Gasteiger partial charge in [-0.15, -0.1) is 10.2 Å². The summed E-state index contributed by atoms with van der Waals surface area (Å²) in [6.45, 7) is 4.29. The first-order chi connectivity index (χ1) is 13.6. The monoisotopic (exact) mass is 390 g/mol. The van der Waals surface area contributed by atoms with E-state index >= 15 is 0 Å². The van der Waals surface area contributed by atoms with Gasteiger partial charge < -0.3 is 4.74 Å². The molecule has 2 heterocycles. The molecule has 4 aromatic rings. The van der Waals surface area contributed by atoms with E-state index < -0.39 is 0 Å². The minimum Gasteiger partial charge on any atom is -0.486 e. The number of ether oxygens (including phenoxy) is 1. The highest BCUT2D eigenvalue weighted by atomic mass is 35.5. The summed E-state index contributed by atoms with van der Waals surface area (Å²) in [4.78, 5) is 4.21. The highest BCUT2D eigenvalue weighted by Crippen LogP contribution is 2.25. The number of rotatable bonds is 5. The average Bonchev–Trinajstić information content (AvgIpc) is 3.14. The third-order valence-electron chi connectivity index (χ3n) is 4.44. The van der Waals surface area contributed by atoms with Crippen molar-refractivity contribution in [3.8, 4) is 22.8 Å². The predicted octanol–water partition coefficient (Wildman–Crippen LogP) is 5.18. The molecular weight excluding hydrogens is 372 g/mol. The molecule has 140 valence electrons. The molecule has 0 spiro atoms. The largest absolute Gasteiger partial charge is 0.486 e. The van der Waals surface area contributed by atoms with Crippen molar-refractivity contribution < 1.29 is 4.74 Å². The molecule has 0 N–H and O–H groups in total. The zero-order chi connectivity index (χ0) is 19.5. The molecule has 0 aliphatic carbocycles. The fraction of sp³-hybridized carbons (Fsp3) is 0.136. The van der Waals surface area contributed by atoms with E-state index in [0.29, 0.717) is 10.8 Å². The van der Waals surface area contributed by atoms with Gasteiger partial charge in [-0.3, -0.25) is 9.55 Å². The van der Waals surface area contributed by atoms with Gasteiger partial charge in [-0.05, 0) is 61.9 Å². The van der Waals surface area contributed by atoms with Crippen LogP contribution in [0, 0.1) is 13.8 Å². The lowest BCUT2D eigenvalue weighted by molar-refractivity contribution is 0.293. The van der Waals surface area contributed by atoms with Crippen molar-refractivity contribution in [2.24, 2.45) is 0 Å². The van der Waals surface area contributed by atoms with Gasteiger partial charge in [0.05, 0.1) is 0 Å². The first kappa shape index (κ1) is 18.2. The molecule has 0 saturated carbocycles. The number of benzene rings is 2. The lowest BCUT2D eigenvalue weighted by atomic mass is 10.2. The summed E-state index contributed by atoms with van der Waals surface area (Å²) >= 11 is 6.10. The van der Waals surface area contributed by atoms with Crippen molar-refractivity contribution in [3.05, 3.63) is 89.0 Å². The Balaban J connectivity index is 1.71. The lowest BCUT2D eigenvalue weighted by Gasteiger charge is -2.12. The number of aromatic nitrogens is 4. The molecule has 0 aliphatic rings. The van der Waals surface area contributed by atoms with E-state index in [1.807, 2.05) is 41.8 Å². The summed E-state index contributed by atoms with van der Waals surface area (Å²) in [5.74, 6) is 2.17. The van der Waals surface area contributed by atoms with Crippen LogP contribution in [-0.2, 0) is 6.61 Å². The van der Waals surface area contributed by atoms with Gasteiger partial charge in [0.1, 0.15) is 12.4 Å². The van der Waals surface area contributed by atoms with Gasteiger partial charge in [0.15, 0.2) is 11.6 Å². The molecule has 0 bridgehead atoms. The zero-order valence-electron chi connectivity index (χ0n) is 15.6. The van der Waals surface area contributed by atoms with Gasteiger partial charge in [0, 0.05) is 28.7 Å². The van der Waals surface area contributed by atoms with Gasteiger partial charge in [0.25, 0.3) is 0 Å². The SMILES string of the molecule is Cc1ccc(-n2c(COc3ccc(Cl)c(C)c3)nnc2-c2cccnc2)cc1. The van der Waals surface area contributed by atoms with Crippen LogP contribution >= 0.6 is 11.6 Å². The van der Waals surface area contributed by atoms with Crippen molar-refractivity contribution >= 4 is 11.6 Å². The van der Waals surface area contributed by atoms with Gasteiger partial charge in [-0.25, -0.2) is 0 Å². The van der Waals surface area contributed by atoms with Gasteiger partial charge in [0.2, 0.25) is 0 Å². The van der Waals surface area contributed by atoms with Crippen LogP contribution in [0.5, 0.6) is 5.75 Å². The van der Waals surface area contributed by atoms with Crippen LogP contribution in [0.25, 0.3) is 17.1 Å². The fourth-order valence-corrected chi connectivity index (χ4v) is 3.03. The van der Waals surface area contributed by atoms with Gasteiger partial charge in [-0.2, -0.15) is 0 Å². The highest BCUT2D eigenvalue weighted by Gasteiger charge is 2.16. The summed E-state index contributed by atoms with van der Waals surface area (Å²) in [6, 6.07) is 17.7. The molecule has 28 heavy (non-hydrogen) atoms. The normalized spacial score (nSPS) is 10.8. The molecule has 0 radical (unpaired) electrons. The van der Waals surface area contributed by atoms with Crippen LogP contribution in [0.4, 0.5) is 0 Å². The molecule has 0 atom stereocenters. The molecule has 4 rings (SSSR count). The van der Waals surface area contributed by atoms with Crippen LogP contribution < -0.4 is 4.74 Å². The van der Waals surface area contributed by atoms with Gasteiger partial charge >= 0.3 is 0 Å². The number of hydrogen-bond donors (Lipinski definition) is 0. The third kappa shape index (κ3) is 3.75. The van der Waals surface area contributed by atoms with Crippen LogP contribution in [0.1, 0.15) is 17.0 Å². The third-order valence-corrected chi connectivity index (χ3v) is 4.86. The Morgan fingerprint density at radius 1 is 1.00 bits per heavy atom. The Bertz CT molecular complexity index is 1090. The summed E-state index contributed by atoms with van der Waals surface area (Å²) in [6.07, 6.45) is 3.52. The summed E-state index contributed by atoms with van der Waals surface area (Å²) in [5, 5.41) is 9.50. The quantitative estimate of drug-likeness (QED) is 0.471. The van der Waals surface area contributed by atoms with E-state index in [-0.39, 0.29) is 6.61 Å². The molecule has 0 unspecified atom stereocenters. The molecular formula is C22H19ClN4O. The van der Waals surface area contributed by atoms with Crippen LogP contribution in [-0.4, -0.2) is 19.7 Å². The maximum atomic E-state index is 6.10. The van der Waals surface area contributed by atoms with Crippen molar-refractivity contribution in [1.82, 2.24) is 19.7 Å². The molecule has 6 heteroatoms. The molecule has 0 amide bonds. The number of halogens is 1. The summed E-state index contributed by atoms with van der Waals surface area (Å²) < 4.78 is 7.96. The van der Waals surface area contributed by atoms with E-state index in [4.69, 9.17) is 16.3 Å². The van der Waals surface area contributed by atoms with Gasteiger partial charge in [-0.1, -0.05) is 29.3 Å². The van der Waals surface area contributed by atoms with Crippen molar-refractivity contribution in [1.29, 1.82) is 0 Å². The van der Waals surface area contributed by atoms with E-state index in [9.17, 15) is 0 Å². The van der Waals surface area contributed by atoms with Crippen molar-refractivity contribution in [3.63, 3.8) is 0 Å². The van der Waals surface area contributed by atoms with Crippen molar-refractivity contribution in [2.75, 3.05) is 0 Å². The lowest BCUT2D eigenvalue weighted by Crippen LogP contribution is -2.07. The Labute approximate surface area is 168 Å². The molecule has 2 aromatic carbocycles. The first-order valence-electron chi connectivity index (χ1n) is 8.92. The maximum absolute atomic E-state index is 6.10. The first-order valence-corrected chi connectivity index (χ1v) is 9.30. The summed E-state index contributed by atoms with van der Waals surface area (Å²) in [7, 11) is 0. The highest BCUT2D eigenvalue weighted by molar-refractivity contribution is 6.31. The minimum atomic E-state index is 0.280. The fourth-order valence-electron chi connectivity index (χ4n) is 2.91. The Morgan fingerprint density at radius 3 is 2.54 bits per heavy atom. The predicted molar refractivity (Wildman–Crippen MR) is 110 cm³/mol. The second kappa shape index (κ2) is 7.82. The topological polar surface area (TPSA) is 52.8 Å². The van der Waals surface area contributed by atoms with Crippen LogP contribution in [0.3, 0.4) is 0 Å². The molecule has 5 nitrogen and oxygen atoms in total. The second-order valence-electron chi connectivity index (χ2n) is 6.55. The van der Waals surface area contributed by atoms with E-state index in [2.05, 4.69) is 46.4 Å². The van der Waals surface area contributed by atoms with Crippen LogP contribution in [0.2, 0.25) is 5.02 Å². The molecule has 0 fully saturated rings. The Kier molecular flexibility index (Phi) is 5.08. The molecule has 0 aliphatic heterocycles. The second-order valence-corrected chi connectivity index (χ2v) is 6.96. The molecule has 0 saturated heterocycles. The maximum Gasteiger partial charge on any atom is 0.175 e. The Morgan fingerprint density at radius 2 is 1.82 bits per heavy atom. The van der Waals surface area contributed by atoms with Crippen molar-refractivity contribution in [2.45, 2.75) is 20.5 Å². The van der Waals surface area contributed by atoms with E-state index in [0.717, 1.165) is 28.4 Å². The van der Waals surface area contributed by atoms with E-state index in [1.54, 1.807) is 12.4 Å². The Hall–Kier alpha value is -3.18. The van der Waals surface area contributed by atoms with E-state index in [1.165, 1.54) is 5.56 Å². The molecule has 2 aromatic heterocycles. The zero-order valence-corrected chi connectivity index (χ0v) is 16.4. The standard InChI is InChI=1S/C22H19ClN4O/c1-15-5-7-18(8-6-15)27-21(14-28-19-9-10-20(23)16(2)12-19)25-26-22(27)17-4-3-11-24-13-17/h3-13H,14H2,1-2H3. The smallest absolute Gasteiger partial charge is 0.175 e. The number of aryl methyl sites for hydroxylation is 2. The summed E-state index contributed by atoms with van der Waals surface area (Å²) in [5.41, 5.74) is 4.02. The number of nitrogens with zero attached hydrogens (tertiary/aromatic N) is 4. The average molecular weight is 391 g/mol. The minimum absolute atomic E-state index is 0.280. The number of hydrogen-bond acceptors (Lipinski definition) is 4. The number of pyridine rings is 1. The van der Waals surface area contributed by atoms with Crippen LogP contribution in [0.15, 0.2) is 67.0 Å².